The standard InChI is InChI=1S/C17H17N3O3/c1-20(17(21)22)16-18-13-8-7-11(10-14(13)19-16)9-12-5-3-4-6-15(12)23-2/h3-8,10H,9H2,1-2H3,(H,18,19)(H,21,22). The Bertz CT molecular complexity index is 857. The third-order valence-corrected chi connectivity index (χ3v) is 3.73. The maximum atomic E-state index is 11.0. The van der Waals surface area contributed by atoms with Crippen LogP contribution in [0.5, 0.6) is 5.75 Å². The van der Waals surface area contributed by atoms with Crippen molar-refractivity contribution in [2.75, 3.05) is 19.1 Å². The van der Waals surface area contributed by atoms with Crippen LogP contribution in [0.3, 0.4) is 0 Å². The number of carbonyl (C=O) groups is 1. The van der Waals surface area contributed by atoms with E-state index < -0.39 is 6.09 Å². The highest BCUT2D eigenvalue weighted by molar-refractivity contribution is 5.87. The first-order valence-electron chi connectivity index (χ1n) is 7.15. The van der Waals surface area contributed by atoms with Gasteiger partial charge >= 0.3 is 6.09 Å². The van der Waals surface area contributed by atoms with Crippen LogP contribution in [0.4, 0.5) is 10.7 Å². The van der Waals surface area contributed by atoms with Gasteiger partial charge in [0.1, 0.15) is 5.75 Å². The van der Waals surface area contributed by atoms with Crippen LogP contribution in [0.25, 0.3) is 11.0 Å². The number of rotatable bonds is 4. The third-order valence-electron chi connectivity index (χ3n) is 3.73. The number of aromatic amines is 1. The first-order chi connectivity index (χ1) is 11.1. The van der Waals surface area contributed by atoms with Crippen molar-refractivity contribution >= 4 is 23.1 Å². The highest BCUT2D eigenvalue weighted by Crippen LogP contribution is 2.23. The van der Waals surface area contributed by atoms with Crippen LogP contribution in [0.1, 0.15) is 11.1 Å². The highest BCUT2D eigenvalue weighted by atomic mass is 16.5. The fourth-order valence-electron chi connectivity index (χ4n) is 2.47. The Labute approximate surface area is 133 Å². The molecule has 3 aromatic rings. The van der Waals surface area contributed by atoms with Crippen LogP contribution in [0, 0.1) is 0 Å². The molecule has 2 aromatic carbocycles. The molecule has 0 radical (unpaired) electrons. The number of aromatic nitrogens is 2. The Morgan fingerprint density at radius 3 is 2.83 bits per heavy atom. The van der Waals surface area contributed by atoms with Gasteiger partial charge in [0, 0.05) is 13.5 Å². The van der Waals surface area contributed by atoms with Gasteiger partial charge in [-0.15, -0.1) is 0 Å². The van der Waals surface area contributed by atoms with Gasteiger partial charge in [-0.05, 0) is 29.3 Å². The Hall–Kier alpha value is -3.02. The molecule has 0 spiro atoms. The van der Waals surface area contributed by atoms with E-state index in [-0.39, 0.29) is 0 Å². The molecule has 0 saturated heterocycles. The highest BCUT2D eigenvalue weighted by Gasteiger charge is 2.13. The molecule has 6 heteroatoms. The zero-order valence-electron chi connectivity index (χ0n) is 12.9. The molecule has 0 atom stereocenters. The molecule has 0 aliphatic carbocycles. The molecule has 0 bridgehead atoms. The fraction of sp³-hybridized carbons (Fsp3) is 0.176. The van der Waals surface area contributed by atoms with Gasteiger partial charge in [0.2, 0.25) is 5.95 Å². The topological polar surface area (TPSA) is 78.4 Å². The Morgan fingerprint density at radius 1 is 1.30 bits per heavy atom. The number of nitrogens with one attached hydrogen (secondary N) is 1. The van der Waals surface area contributed by atoms with E-state index >= 15 is 0 Å². The first-order valence-corrected chi connectivity index (χ1v) is 7.15. The predicted molar refractivity (Wildman–Crippen MR) is 88.3 cm³/mol. The third kappa shape index (κ3) is 2.96. The van der Waals surface area contributed by atoms with Crippen molar-refractivity contribution in [3.05, 3.63) is 53.6 Å². The second-order valence-corrected chi connectivity index (χ2v) is 5.24. The van der Waals surface area contributed by atoms with E-state index in [1.165, 1.54) is 7.05 Å². The van der Waals surface area contributed by atoms with Gasteiger partial charge in [0.05, 0.1) is 18.1 Å². The largest absolute Gasteiger partial charge is 0.496 e. The van der Waals surface area contributed by atoms with Crippen LogP contribution in [-0.4, -0.2) is 35.3 Å². The van der Waals surface area contributed by atoms with Gasteiger partial charge in [-0.2, -0.15) is 0 Å². The van der Waals surface area contributed by atoms with Gasteiger partial charge in [0.25, 0.3) is 0 Å². The number of H-pyrrole nitrogens is 1. The molecule has 1 heterocycles. The van der Waals surface area contributed by atoms with Gasteiger partial charge < -0.3 is 14.8 Å². The number of anilines is 1. The molecule has 2 N–H and O–H groups in total. The maximum Gasteiger partial charge on any atom is 0.413 e. The van der Waals surface area contributed by atoms with Crippen LogP contribution >= 0.6 is 0 Å². The van der Waals surface area contributed by atoms with Crippen LogP contribution in [0.2, 0.25) is 0 Å². The SMILES string of the molecule is COc1ccccc1Cc1ccc2nc(N(C)C(=O)O)[nH]c2c1. The maximum absolute atomic E-state index is 11.0. The number of amides is 1. The van der Waals surface area contributed by atoms with E-state index in [2.05, 4.69) is 9.97 Å². The summed E-state index contributed by atoms with van der Waals surface area (Å²) in [6.07, 6.45) is -0.332. The zero-order chi connectivity index (χ0) is 16.4. The molecule has 0 saturated carbocycles. The molecule has 0 aliphatic rings. The molecule has 0 fully saturated rings. The Morgan fingerprint density at radius 2 is 2.09 bits per heavy atom. The zero-order valence-corrected chi connectivity index (χ0v) is 12.9. The van der Waals surface area contributed by atoms with Crippen LogP contribution in [-0.2, 0) is 6.42 Å². The number of nitrogens with zero attached hydrogens (tertiary/aromatic N) is 2. The summed E-state index contributed by atoms with van der Waals surface area (Å²) in [6.45, 7) is 0. The number of benzene rings is 2. The van der Waals surface area contributed by atoms with E-state index in [4.69, 9.17) is 9.84 Å². The predicted octanol–water partition coefficient (Wildman–Crippen LogP) is 3.28. The van der Waals surface area contributed by atoms with Crippen molar-refractivity contribution in [3.8, 4) is 5.75 Å². The summed E-state index contributed by atoms with van der Waals surface area (Å²) < 4.78 is 5.37. The van der Waals surface area contributed by atoms with Crippen molar-refractivity contribution in [1.29, 1.82) is 0 Å². The minimum absolute atomic E-state index is 0.307. The molecule has 0 unspecified atom stereocenters. The number of methoxy groups -OCH3 is 1. The lowest BCUT2D eigenvalue weighted by Gasteiger charge is -2.08. The lowest BCUT2D eigenvalue weighted by Crippen LogP contribution is -2.24. The number of imidazole rings is 1. The van der Waals surface area contributed by atoms with Crippen molar-refractivity contribution in [1.82, 2.24) is 9.97 Å². The summed E-state index contributed by atoms with van der Waals surface area (Å²) in [5.41, 5.74) is 3.73. The minimum Gasteiger partial charge on any atom is -0.496 e. The Kier molecular flexibility index (Phi) is 3.89. The van der Waals surface area contributed by atoms with Crippen LogP contribution < -0.4 is 9.64 Å². The van der Waals surface area contributed by atoms with Gasteiger partial charge in [0.15, 0.2) is 0 Å². The molecule has 3 rings (SSSR count). The number of ether oxygens (including phenoxy) is 1. The smallest absolute Gasteiger partial charge is 0.413 e. The fourth-order valence-corrected chi connectivity index (χ4v) is 2.47. The lowest BCUT2D eigenvalue weighted by molar-refractivity contribution is 0.203. The number of hydrogen-bond donors (Lipinski definition) is 2. The normalized spacial score (nSPS) is 10.7. The summed E-state index contributed by atoms with van der Waals surface area (Å²) in [5.74, 6) is 1.16. The summed E-state index contributed by atoms with van der Waals surface area (Å²) in [6, 6.07) is 13.7. The number of para-hydroxylation sites is 1. The first kappa shape index (κ1) is 14.9. The molecule has 118 valence electrons. The van der Waals surface area contributed by atoms with Gasteiger partial charge in [-0.1, -0.05) is 24.3 Å². The van der Waals surface area contributed by atoms with Gasteiger partial charge in [-0.3, -0.25) is 4.90 Å². The summed E-state index contributed by atoms with van der Waals surface area (Å²) in [4.78, 5) is 19.4. The average molecular weight is 311 g/mol. The minimum atomic E-state index is -1.06. The summed E-state index contributed by atoms with van der Waals surface area (Å²) in [7, 11) is 3.11. The van der Waals surface area contributed by atoms with E-state index in [1.807, 2.05) is 42.5 Å². The lowest BCUT2D eigenvalue weighted by atomic mass is 10.0. The van der Waals surface area contributed by atoms with Crippen molar-refractivity contribution in [3.63, 3.8) is 0 Å². The molecule has 6 nitrogen and oxygen atoms in total. The molecular formula is C17H17N3O3. The van der Waals surface area contributed by atoms with E-state index in [9.17, 15) is 4.79 Å². The second kappa shape index (κ2) is 6.00. The van der Waals surface area contributed by atoms with E-state index in [0.29, 0.717) is 5.95 Å². The van der Waals surface area contributed by atoms with Gasteiger partial charge in [-0.25, -0.2) is 9.78 Å². The molecule has 1 amide bonds. The second-order valence-electron chi connectivity index (χ2n) is 5.24. The molecule has 0 aliphatic heterocycles. The van der Waals surface area contributed by atoms with Crippen LogP contribution in [0.15, 0.2) is 42.5 Å². The van der Waals surface area contributed by atoms with E-state index in [0.717, 1.165) is 39.2 Å². The van der Waals surface area contributed by atoms with E-state index in [1.54, 1.807) is 7.11 Å². The summed E-state index contributed by atoms with van der Waals surface area (Å²) in [5, 5.41) is 9.02. The quantitative estimate of drug-likeness (QED) is 0.775. The Balaban J connectivity index is 1.92. The molecular weight excluding hydrogens is 294 g/mol. The number of fused-ring (bicyclic) bond motifs is 1. The van der Waals surface area contributed by atoms with Crippen molar-refractivity contribution < 1.29 is 14.6 Å². The monoisotopic (exact) mass is 311 g/mol. The number of carboxylic acid groups (broad SMARTS) is 1. The van der Waals surface area contributed by atoms with Crippen molar-refractivity contribution in [2.24, 2.45) is 0 Å². The molecule has 1 aromatic heterocycles. The summed E-state index contributed by atoms with van der Waals surface area (Å²) >= 11 is 0. The number of hydrogen-bond acceptors (Lipinski definition) is 3. The van der Waals surface area contributed by atoms with Crippen molar-refractivity contribution in [2.45, 2.75) is 6.42 Å². The average Bonchev–Trinajstić information content (AvgIpc) is 2.97. The molecule has 23 heavy (non-hydrogen) atoms.